The highest BCUT2D eigenvalue weighted by Gasteiger charge is 2.14. The largest absolute Gasteiger partial charge is 0.394 e. The van der Waals surface area contributed by atoms with E-state index in [4.69, 9.17) is 5.11 Å². The van der Waals surface area contributed by atoms with Crippen molar-refractivity contribution in [1.82, 2.24) is 9.78 Å². The van der Waals surface area contributed by atoms with Crippen LogP contribution in [0.2, 0.25) is 0 Å². The van der Waals surface area contributed by atoms with Crippen molar-refractivity contribution in [1.29, 1.82) is 0 Å². The van der Waals surface area contributed by atoms with E-state index >= 15 is 0 Å². The Balaban J connectivity index is 3.10. The summed E-state index contributed by atoms with van der Waals surface area (Å²) in [6.45, 7) is 8.10. The molecule has 1 aromatic heterocycles. The molecule has 17 heavy (non-hydrogen) atoms. The summed E-state index contributed by atoms with van der Waals surface area (Å²) >= 11 is 0. The van der Waals surface area contributed by atoms with Crippen LogP contribution in [0.15, 0.2) is 18.0 Å². The van der Waals surface area contributed by atoms with Crippen LogP contribution in [-0.4, -0.2) is 27.3 Å². The van der Waals surface area contributed by atoms with Gasteiger partial charge in [0, 0.05) is 17.3 Å². The zero-order chi connectivity index (χ0) is 13.0. The van der Waals surface area contributed by atoms with E-state index in [1.165, 1.54) is 0 Å². The number of carbonyl (C=O) groups is 1. The Bertz CT molecular complexity index is 430. The molecule has 0 radical (unpaired) electrons. The van der Waals surface area contributed by atoms with E-state index in [9.17, 15) is 4.79 Å². The van der Waals surface area contributed by atoms with Gasteiger partial charge >= 0.3 is 0 Å². The number of nitrogens with zero attached hydrogens (tertiary/aromatic N) is 2. The molecule has 0 saturated carbocycles. The molecular weight excluding hydrogens is 216 g/mol. The average Bonchev–Trinajstić information content (AvgIpc) is 2.65. The van der Waals surface area contributed by atoms with Crippen LogP contribution in [0.4, 0.5) is 0 Å². The van der Waals surface area contributed by atoms with Gasteiger partial charge in [0.15, 0.2) is 5.78 Å². The number of Topliss-reactive ketones (excluding diaryl/α,β-unsaturated/α-hetero) is 1. The van der Waals surface area contributed by atoms with Crippen molar-refractivity contribution in [3.05, 3.63) is 23.5 Å². The Morgan fingerprint density at radius 1 is 1.47 bits per heavy atom. The number of ketones is 1. The summed E-state index contributed by atoms with van der Waals surface area (Å²) in [6.07, 6.45) is 3.59. The number of hydrogen-bond donors (Lipinski definition) is 1. The molecule has 0 fully saturated rings. The third-order valence-electron chi connectivity index (χ3n) is 2.76. The van der Waals surface area contributed by atoms with Crippen molar-refractivity contribution in [2.24, 2.45) is 5.92 Å². The minimum Gasteiger partial charge on any atom is -0.394 e. The molecule has 4 heteroatoms. The highest BCUT2D eigenvalue weighted by atomic mass is 16.3. The lowest BCUT2D eigenvalue weighted by molar-refractivity contribution is -0.113. The Hall–Kier alpha value is -1.42. The summed E-state index contributed by atoms with van der Waals surface area (Å²) in [6, 6.07) is 0. The second-order valence-electron chi connectivity index (χ2n) is 4.47. The number of aliphatic hydroxyl groups excluding tert-OH is 1. The van der Waals surface area contributed by atoms with Gasteiger partial charge in [0.05, 0.1) is 19.3 Å². The van der Waals surface area contributed by atoms with Crippen molar-refractivity contribution in [3.63, 3.8) is 0 Å². The first kappa shape index (κ1) is 13.6. The Morgan fingerprint density at radius 2 is 2.12 bits per heavy atom. The number of aromatic nitrogens is 2. The van der Waals surface area contributed by atoms with Gasteiger partial charge in [0.1, 0.15) is 0 Å². The fraction of sp³-hybridized carbons (Fsp3) is 0.538. The molecule has 0 aliphatic heterocycles. The number of carbonyl (C=O) groups excluding carboxylic acids is 1. The van der Waals surface area contributed by atoms with Gasteiger partial charge in [0.2, 0.25) is 0 Å². The molecular formula is C13H20N2O2. The maximum atomic E-state index is 11.6. The molecule has 1 N–H and O–H groups in total. The number of hydrogen-bond acceptors (Lipinski definition) is 3. The van der Waals surface area contributed by atoms with Crippen molar-refractivity contribution in [2.45, 2.75) is 34.2 Å². The van der Waals surface area contributed by atoms with E-state index in [2.05, 4.69) is 5.10 Å². The molecule has 94 valence electrons. The molecule has 0 unspecified atom stereocenters. The summed E-state index contributed by atoms with van der Waals surface area (Å²) in [5.41, 5.74) is 2.75. The lowest BCUT2D eigenvalue weighted by Crippen LogP contribution is -2.06. The van der Waals surface area contributed by atoms with E-state index in [0.717, 1.165) is 16.7 Å². The van der Waals surface area contributed by atoms with Crippen molar-refractivity contribution < 1.29 is 9.90 Å². The molecule has 0 spiro atoms. The fourth-order valence-corrected chi connectivity index (χ4v) is 2.04. The molecule has 0 aliphatic rings. The fourth-order valence-electron chi connectivity index (χ4n) is 2.04. The Morgan fingerprint density at radius 3 is 2.59 bits per heavy atom. The van der Waals surface area contributed by atoms with Gasteiger partial charge in [-0.1, -0.05) is 13.8 Å². The quantitative estimate of drug-likeness (QED) is 0.794. The molecule has 0 amide bonds. The van der Waals surface area contributed by atoms with Gasteiger partial charge in [-0.3, -0.25) is 9.48 Å². The van der Waals surface area contributed by atoms with E-state index in [1.807, 2.05) is 27.0 Å². The SMILES string of the molecule is CC(=O)/C(=C(\C)c1cnn(CCO)c1)C(C)C. The maximum absolute atomic E-state index is 11.6. The molecule has 4 nitrogen and oxygen atoms in total. The summed E-state index contributed by atoms with van der Waals surface area (Å²) in [7, 11) is 0. The number of rotatable bonds is 5. The van der Waals surface area contributed by atoms with Crippen LogP contribution >= 0.6 is 0 Å². The van der Waals surface area contributed by atoms with Gasteiger partial charge in [-0.2, -0.15) is 5.10 Å². The highest BCUT2D eigenvalue weighted by Crippen LogP contribution is 2.23. The Kier molecular flexibility index (Phi) is 4.63. The van der Waals surface area contributed by atoms with Gasteiger partial charge < -0.3 is 5.11 Å². The van der Waals surface area contributed by atoms with Gasteiger partial charge in [-0.15, -0.1) is 0 Å². The monoisotopic (exact) mass is 236 g/mol. The van der Waals surface area contributed by atoms with E-state index in [0.29, 0.717) is 6.54 Å². The minimum atomic E-state index is 0.0631. The third kappa shape index (κ3) is 3.27. The first-order chi connectivity index (χ1) is 7.97. The van der Waals surface area contributed by atoms with Crippen LogP contribution in [0.25, 0.3) is 5.57 Å². The molecule has 0 bridgehead atoms. The third-order valence-corrected chi connectivity index (χ3v) is 2.76. The predicted octanol–water partition coefficient (Wildman–Crippen LogP) is 1.89. The number of allylic oxidation sites excluding steroid dienone is 2. The molecule has 1 aromatic rings. The van der Waals surface area contributed by atoms with Crippen LogP contribution < -0.4 is 0 Å². The van der Waals surface area contributed by atoms with E-state index in [-0.39, 0.29) is 18.3 Å². The average molecular weight is 236 g/mol. The second kappa shape index (κ2) is 5.77. The summed E-state index contributed by atoms with van der Waals surface area (Å²) in [5, 5.41) is 13.0. The van der Waals surface area contributed by atoms with Crippen LogP contribution in [0.1, 0.15) is 33.3 Å². The second-order valence-corrected chi connectivity index (χ2v) is 4.47. The van der Waals surface area contributed by atoms with E-state index < -0.39 is 0 Å². The van der Waals surface area contributed by atoms with Crippen LogP contribution in [0, 0.1) is 5.92 Å². The molecule has 0 aliphatic carbocycles. The molecule has 0 atom stereocenters. The highest BCUT2D eigenvalue weighted by molar-refractivity contribution is 6.01. The van der Waals surface area contributed by atoms with Crippen LogP contribution in [0.5, 0.6) is 0 Å². The summed E-state index contributed by atoms with van der Waals surface area (Å²) in [4.78, 5) is 11.6. The van der Waals surface area contributed by atoms with Crippen LogP contribution in [-0.2, 0) is 11.3 Å². The zero-order valence-corrected chi connectivity index (χ0v) is 10.9. The lowest BCUT2D eigenvalue weighted by atomic mass is 9.92. The minimum absolute atomic E-state index is 0.0631. The normalized spacial score (nSPS) is 12.8. The number of aliphatic hydroxyl groups is 1. The first-order valence-electron chi connectivity index (χ1n) is 5.82. The van der Waals surface area contributed by atoms with Crippen molar-refractivity contribution in [3.8, 4) is 0 Å². The first-order valence-corrected chi connectivity index (χ1v) is 5.82. The zero-order valence-electron chi connectivity index (χ0n) is 10.9. The molecule has 0 aromatic carbocycles. The predicted molar refractivity (Wildman–Crippen MR) is 67.4 cm³/mol. The Labute approximate surface area is 102 Å². The summed E-state index contributed by atoms with van der Waals surface area (Å²) in [5.74, 6) is 0.307. The van der Waals surface area contributed by atoms with E-state index in [1.54, 1.807) is 17.8 Å². The van der Waals surface area contributed by atoms with Gasteiger partial charge in [0.25, 0.3) is 0 Å². The maximum Gasteiger partial charge on any atom is 0.156 e. The summed E-state index contributed by atoms with van der Waals surface area (Å²) < 4.78 is 1.68. The topological polar surface area (TPSA) is 55.1 Å². The van der Waals surface area contributed by atoms with Crippen molar-refractivity contribution >= 4 is 11.4 Å². The van der Waals surface area contributed by atoms with Gasteiger partial charge in [-0.25, -0.2) is 0 Å². The lowest BCUT2D eigenvalue weighted by Gasteiger charge is -2.11. The van der Waals surface area contributed by atoms with Gasteiger partial charge in [-0.05, 0) is 25.3 Å². The molecule has 1 rings (SSSR count). The standard InChI is InChI=1S/C13H20N2O2/c1-9(2)13(11(4)17)10(3)12-7-14-15(8-12)5-6-16/h7-9,16H,5-6H2,1-4H3/b13-10+. The molecule has 1 heterocycles. The van der Waals surface area contributed by atoms with Crippen molar-refractivity contribution in [2.75, 3.05) is 6.61 Å². The smallest absolute Gasteiger partial charge is 0.156 e. The van der Waals surface area contributed by atoms with Crippen LogP contribution in [0.3, 0.4) is 0 Å². The molecule has 0 saturated heterocycles.